The standard InChI is InChI=1S/C19H26N6O/c1-13-8-15(13)18-21-20-16-2-3-17(22-25(16)18)24-11-19(12-24)4-6-23(7-5-19)14-9-26-10-14/h2-3,13-15H,4-12H2,1H3. The predicted molar refractivity (Wildman–Crippen MR) is 97.4 cm³/mol. The number of nitrogens with zero attached hydrogens (tertiary/aromatic N) is 6. The van der Waals surface area contributed by atoms with Crippen molar-refractivity contribution < 1.29 is 4.74 Å². The molecule has 1 saturated carbocycles. The maximum absolute atomic E-state index is 5.35. The summed E-state index contributed by atoms with van der Waals surface area (Å²) in [5.41, 5.74) is 1.37. The first kappa shape index (κ1) is 15.3. The van der Waals surface area contributed by atoms with Crippen LogP contribution in [0.25, 0.3) is 5.65 Å². The second-order valence-electron chi connectivity index (χ2n) is 8.92. The molecule has 1 spiro atoms. The molecule has 2 unspecified atom stereocenters. The molecule has 3 aliphatic heterocycles. The van der Waals surface area contributed by atoms with E-state index in [0.29, 0.717) is 23.3 Å². The normalized spacial score (nSPS) is 31.2. The van der Waals surface area contributed by atoms with Crippen LogP contribution < -0.4 is 4.90 Å². The Labute approximate surface area is 153 Å². The number of likely N-dealkylation sites (tertiary alicyclic amines) is 1. The molecule has 0 bridgehead atoms. The lowest BCUT2D eigenvalue weighted by atomic mass is 9.71. The van der Waals surface area contributed by atoms with Gasteiger partial charge in [0, 0.05) is 24.4 Å². The molecule has 4 aliphatic rings. The minimum atomic E-state index is 0.499. The van der Waals surface area contributed by atoms with E-state index in [9.17, 15) is 0 Å². The Balaban J connectivity index is 1.16. The molecule has 1 aliphatic carbocycles. The maximum atomic E-state index is 5.35. The van der Waals surface area contributed by atoms with Crippen LogP contribution in [-0.4, -0.2) is 70.1 Å². The summed E-state index contributed by atoms with van der Waals surface area (Å²) in [6.45, 7) is 8.87. The average Bonchev–Trinajstić information content (AvgIpc) is 3.15. The molecule has 2 atom stereocenters. The quantitative estimate of drug-likeness (QED) is 0.834. The highest BCUT2D eigenvalue weighted by Gasteiger charge is 2.47. The van der Waals surface area contributed by atoms with Crippen molar-refractivity contribution in [3.8, 4) is 0 Å². The van der Waals surface area contributed by atoms with Gasteiger partial charge in [-0.15, -0.1) is 15.3 Å². The van der Waals surface area contributed by atoms with Crippen molar-refractivity contribution in [3.05, 3.63) is 18.0 Å². The van der Waals surface area contributed by atoms with Crippen LogP contribution in [0.2, 0.25) is 0 Å². The molecule has 26 heavy (non-hydrogen) atoms. The van der Waals surface area contributed by atoms with E-state index in [0.717, 1.165) is 43.6 Å². The summed E-state index contributed by atoms with van der Waals surface area (Å²) in [5.74, 6) is 3.37. The van der Waals surface area contributed by atoms with Gasteiger partial charge in [-0.3, -0.25) is 4.90 Å². The molecule has 0 N–H and O–H groups in total. The second-order valence-corrected chi connectivity index (χ2v) is 8.92. The summed E-state index contributed by atoms with van der Waals surface area (Å²) in [6.07, 6.45) is 3.82. The summed E-state index contributed by atoms with van der Waals surface area (Å²) in [6, 6.07) is 4.86. The third-order valence-electron chi connectivity index (χ3n) is 7.09. The van der Waals surface area contributed by atoms with E-state index in [2.05, 4.69) is 39.1 Å². The summed E-state index contributed by atoms with van der Waals surface area (Å²) in [4.78, 5) is 5.06. The van der Waals surface area contributed by atoms with Crippen LogP contribution in [0.5, 0.6) is 0 Å². The smallest absolute Gasteiger partial charge is 0.178 e. The first-order valence-corrected chi connectivity index (χ1v) is 10.00. The molecule has 0 amide bonds. The third-order valence-corrected chi connectivity index (χ3v) is 7.09. The number of rotatable bonds is 3. The number of piperidine rings is 1. The Hall–Kier alpha value is -1.73. The number of hydrogen-bond donors (Lipinski definition) is 0. The average molecular weight is 354 g/mol. The van der Waals surface area contributed by atoms with Crippen LogP contribution in [0.3, 0.4) is 0 Å². The van der Waals surface area contributed by atoms with E-state index in [4.69, 9.17) is 9.84 Å². The molecule has 7 nitrogen and oxygen atoms in total. The van der Waals surface area contributed by atoms with Crippen LogP contribution >= 0.6 is 0 Å². The first-order valence-electron chi connectivity index (χ1n) is 10.00. The summed E-state index contributed by atoms with van der Waals surface area (Å²) in [5, 5.41) is 13.6. The van der Waals surface area contributed by atoms with Crippen LogP contribution in [0, 0.1) is 11.3 Å². The van der Waals surface area contributed by atoms with Crippen LogP contribution in [0.15, 0.2) is 12.1 Å². The van der Waals surface area contributed by atoms with Crippen molar-refractivity contribution >= 4 is 11.5 Å². The number of ether oxygens (including phenoxy) is 1. The zero-order valence-corrected chi connectivity index (χ0v) is 15.3. The lowest BCUT2D eigenvalue weighted by Gasteiger charge is -2.55. The maximum Gasteiger partial charge on any atom is 0.178 e. The highest BCUT2D eigenvalue weighted by atomic mass is 16.5. The van der Waals surface area contributed by atoms with Gasteiger partial charge in [-0.25, -0.2) is 0 Å². The molecule has 6 rings (SSSR count). The zero-order valence-electron chi connectivity index (χ0n) is 15.3. The Morgan fingerprint density at radius 2 is 1.88 bits per heavy atom. The van der Waals surface area contributed by atoms with Crippen molar-refractivity contribution in [3.63, 3.8) is 0 Å². The van der Waals surface area contributed by atoms with Crippen molar-refractivity contribution in [2.24, 2.45) is 11.3 Å². The molecule has 2 aromatic heterocycles. The van der Waals surface area contributed by atoms with Gasteiger partial charge in [0.25, 0.3) is 0 Å². The van der Waals surface area contributed by atoms with E-state index in [1.807, 2.05) is 4.52 Å². The van der Waals surface area contributed by atoms with Gasteiger partial charge in [0.2, 0.25) is 0 Å². The van der Waals surface area contributed by atoms with Crippen LogP contribution in [-0.2, 0) is 4.74 Å². The number of hydrogen-bond acceptors (Lipinski definition) is 6. The Morgan fingerprint density at radius 3 is 2.54 bits per heavy atom. The van der Waals surface area contributed by atoms with Gasteiger partial charge in [0.05, 0.1) is 19.3 Å². The van der Waals surface area contributed by atoms with E-state index in [1.165, 1.54) is 32.4 Å². The van der Waals surface area contributed by atoms with Gasteiger partial charge in [-0.1, -0.05) is 6.92 Å². The lowest BCUT2D eigenvalue weighted by molar-refractivity contribution is -0.0839. The lowest BCUT2D eigenvalue weighted by Crippen LogP contribution is -2.63. The van der Waals surface area contributed by atoms with Crippen molar-refractivity contribution in [1.29, 1.82) is 0 Å². The molecule has 2 aromatic rings. The fourth-order valence-corrected chi connectivity index (χ4v) is 4.92. The summed E-state index contributed by atoms with van der Waals surface area (Å²) in [7, 11) is 0. The summed E-state index contributed by atoms with van der Waals surface area (Å²) >= 11 is 0. The molecular formula is C19H26N6O. The molecule has 0 radical (unpaired) electrons. The Bertz CT molecular complexity index is 830. The third kappa shape index (κ3) is 2.29. The number of fused-ring (bicyclic) bond motifs is 1. The Kier molecular flexibility index (Phi) is 3.18. The zero-order chi connectivity index (χ0) is 17.3. The SMILES string of the molecule is CC1CC1c1nnc2ccc(N3CC4(CCN(C5COC5)CC4)C3)nn12. The van der Waals surface area contributed by atoms with E-state index < -0.39 is 0 Å². The molecule has 138 valence electrons. The molecule has 4 fully saturated rings. The van der Waals surface area contributed by atoms with Gasteiger partial charge in [0.15, 0.2) is 11.5 Å². The molecule has 7 heteroatoms. The van der Waals surface area contributed by atoms with Crippen molar-refractivity contribution in [2.75, 3.05) is 44.3 Å². The number of anilines is 1. The highest BCUT2D eigenvalue weighted by Crippen LogP contribution is 2.46. The predicted octanol–water partition coefficient (Wildman–Crippen LogP) is 1.55. The highest BCUT2D eigenvalue weighted by molar-refractivity contribution is 5.48. The van der Waals surface area contributed by atoms with Gasteiger partial charge in [0.1, 0.15) is 5.82 Å². The second kappa shape index (κ2) is 5.39. The van der Waals surface area contributed by atoms with Crippen LogP contribution in [0.1, 0.15) is 37.9 Å². The molecule has 0 aromatic carbocycles. The minimum Gasteiger partial charge on any atom is -0.378 e. The van der Waals surface area contributed by atoms with Crippen LogP contribution in [0.4, 0.5) is 5.82 Å². The fraction of sp³-hybridized carbons (Fsp3) is 0.737. The van der Waals surface area contributed by atoms with Crippen molar-refractivity contribution in [2.45, 2.75) is 38.1 Å². The molecule has 3 saturated heterocycles. The minimum absolute atomic E-state index is 0.499. The van der Waals surface area contributed by atoms with Crippen molar-refractivity contribution in [1.82, 2.24) is 24.7 Å². The van der Waals surface area contributed by atoms with E-state index in [1.54, 1.807) is 0 Å². The first-order chi connectivity index (χ1) is 12.7. The van der Waals surface area contributed by atoms with E-state index in [-0.39, 0.29) is 0 Å². The van der Waals surface area contributed by atoms with E-state index >= 15 is 0 Å². The monoisotopic (exact) mass is 354 g/mol. The van der Waals surface area contributed by atoms with Gasteiger partial charge in [-0.2, -0.15) is 4.52 Å². The Morgan fingerprint density at radius 1 is 1.12 bits per heavy atom. The van der Waals surface area contributed by atoms with Gasteiger partial charge in [-0.05, 0) is 50.4 Å². The number of aromatic nitrogens is 4. The topological polar surface area (TPSA) is 58.8 Å². The molecular weight excluding hydrogens is 328 g/mol. The summed E-state index contributed by atoms with van der Waals surface area (Å²) < 4.78 is 7.33. The van der Waals surface area contributed by atoms with Gasteiger partial charge < -0.3 is 9.64 Å². The fourth-order valence-electron chi connectivity index (χ4n) is 4.92. The van der Waals surface area contributed by atoms with Gasteiger partial charge >= 0.3 is 0 Å². The largest absolute Gasteiger partial charge is 0.378 e. The molecule has 5 heterocycles.